The lowest BCUT2D eigenvalue weighted by Gasteiger charge is -2.22. The highest BCUT2D eigenvalue weighted by atomic mass is 32.2. The molecule has 2 N–H and O–H groups in total. The van der Waals surface area contributed by atoms with E-state index in [-0.39, 0.29) is 48.2 Å². The molecule has 0 atom stereocenters. The maximum absolute atomic E-state index is 13.3. The molecule has 0 bridgehead atoms. The van der Waals surface area contributed by atoms with Gasteiger partial charge >= 0.3 is 0 Å². The van der Waals surface area contributed by atoms with Gasteiger partial charge < -0.3 is 10.6 Å². The second-order valence-electron chi connectivity index (χ2n) is 9.58. The summed E-state index contributed by atoms with van der Waals surface area (Å²) in [5.74, 6) is 0.551. The van der Waals surface area contributed by atoms with Gasteiger partial charge in [-0.05, 0) is 37.8 Å². The minimum atomic E-state index is -0.194. The van der Waals surface area contributed by atoms with Gasteiger partial charge in [0.05, 0.1) is 16.7 Å². The molecule has 10 heteroatoms. The zero-order valence-corrected chi connectivity index (χ0v) is 20.7. The second-order valence-corrected chi connectivity index (χ2v) is 10.5. The monoisotopic (exact) mass is 496 g/mol. The molecule has 186 valence electrons. The van der Waals surface area contributed by atoms with Crippen molar-refractivity contribution in [1.82, 2.24) is 29.8 Å². The van der Waals surface area contributed by atoms with Crippen LogP contribution in [0.1, 0.15) is 64.2 Å². The van der Waals surface area contributed by atoms with E-state index < -0.39 is 0 Å². The molecule has 3 aromatic rings. The maximum Gasteiger partial charge on any atom is 0.262 e. The van der Waals surface area contributed by atoms with E-state index in [2.05, 4.69) is 20.8 Å². The fourth-order valence-electron chi connectivity index (χ4n) is 5.26. The number of carbonyl (C=O) groups excluding carboxylic acids is 2. The van der Waals surface area contributed by atoms with Gasteiger partial charge in [0.15, 0.2) is 5.16 Å². The highest BCUT2D eigenvalue weighted by molar-refractivity contribution is 7.99. The molecule has 0 aliphatic heterocycles. The lowest BCUT2D eigenvalue weighted by atomic mass is 9.95. The van der Waals surface area contributed by atoms with Crippen LogP contribution in [0.25, 0.3) is 16.7 Å². The summed E-state index contributed by atoms with van der Waals surface area (Å²) in [6, 6.07) is 7.82. The van der Waals surface area contributed by atoms with Gasteiger partial charge in [0.1, 0.15) is 0 Å². The van der Waals surface area contributed by atoms with Crippen molar-refractivity contribution in [3.8, 4) is 0 Å². The van der Waals surface area contributed by atoms with Crippen LogP contribution in [-0.2, 0) is 16.1 Å². The van der Waals surface area contributed by atoms with Gasteiger partial charge in [-0.25, -0.2) is 0 Å². The molecule has 0 spiro atoms. The number of rotatable bonds is 8. The van der Waals surface area contributed by atoms with Crippen LogP contribution in [0.15, 0.2) is 34.2 Å². The van der Waals surface area contributed by atoms with Crippen LogP contribution in [0.5, 0.6) is 0 Å². The van der Waals surface area contributed by atoms with E-state index in [1.807, 2.05) is 22.6 Å². The fraction of sp³-hybridized carbons (Fsp3) is 0.560. The van der Waals surface area contributed by atoms with Crippen LogP contribution in [-0.4, -0.2) is 48.8 Å². The highest BCUT2D eigenvalue weighted by Gasteiger charge is 2.21. The Balaban J connectivity index is 1.36. The van der Waals surface area contributed by atoms with Crippen LogP contribution >= 0.6 is 11.8 Å². The van der Waals surface area contributed by atoms with Gasteiger partial charge in [0.25, 0.3) is 5.56 Å². The first-order valence-electron chi connectivity index (χ1n) is 12.7. The minimum absolute atomic E-state index is 0.0140. The average molecular weight is 497 g/mol. The number of benzene rings is 1. The van der Waals surface area contributed by atoms with Crippen molar-refractivity contribution in [2.45, 2.75) is 88.0 Å². The quantitative estimate of drug-likeness (QED) is 0.464. The number of nitrogens with one attached hydrogen (secondary N) is 2. The van der Waals surface area contributed by atoms with Gasteiger partial charge in [0, 0.05) is 25.0 Å². The summed E-state index contributed by atoms with van der Waals surface area (Å²) < 4.78 is 3.35. The smallest absolute Gasteiger partial charge is 0.262 e. The van der Waals surface area contributed by atoms with Crippen molar-refractivity contribution in [3.05, 3.63) is 34.6 Å². The molecule has 2 aliphatic rings. The molecular weight excluding hydrogens is 464 g/mol. The van der Waals surface area contributed by atoms with E-state index in [1.54, 1.807) is 6.07 Å². The van der Waals surface area contributed by atoms with Crippen molar-refractivity contribution in [1.29, 1.82) is 0 Å². The minimum Gasteiger partial charge on any atom is -0.353 e. The molecule has 2 heterocycles. The first kappa shape index (κ1) is 23.8. The molecule has 35 heavy (non-hydrogen) atoms. The molecule has 2 amide bonds. The zero-order valence-electron chi connectivity index (χ0n) is 19.9. The SMILES string of the molecule is O=C(CCn1c(=O)c2ccccc2n2c(SCC(=O)NC3CCCCC3)nnc12)NC1CCCC1. The van der Waals surface area contributed by atoms with Crippen molar-refractivity contribution in [2.24, 2.45) is 0 Å². The Bertz CT molecular complexity index is 1270. The summed E-state index contributed by atoms with van der Waals surface area (Å²) in [7, 11) is 0. The largest absolute Gasteiger partial charge is 0.353 e. The number of carbonyl (C=O) groups is 2. The third-order valence-corrected chi connectivity index (χ3v) is 7.99. The standard InChI is InChI=1S/C25H32N6O3S/c32-21(26-17-10-4-5-11-17)14-15-30-23(34)19-12-6-7-13-20(19)31-24(30)28-29-25(31)35-16-22(33)27-18-8-2-1-3-9-18/h6-7,12-13,17-18H,1-5,8-11,14-16H2,(H,26,32)(H,27,33). The van der Waals surface area contributed by atoms with E-state index in [0.717, 1.165) is 51.4 Å². The van der Waals surface area contributed by atoms with E-state index in [4.69, 9.17) is 0 Å². The molecule has 1 aromatic carbocycles. The van der Waals surface area contributed by atoms with Crippen LogP contribution in [0, 0.1) is 0 Å². The van der Waals surface area contributed by atoms with Gasteiger partial charge in [0.2, 0.25) is 17.6 Å². The Morgan fingerprint density at radius 1 is 0.914 bits per heavy atom. The van der Waals surface area contributed by atoms with Crippen molar-refractivity contribution in [2.75, 3.05) is 5.75 Å². The van der Waals surface area contributed by atoms with Crippen molar-refractivity contribution in [3.63, 3.8) is 0 Å². The molecule has 2 saturated carbocycles. The van der Waals surface area contributed by atoms with Gasteiger partial charge in [-0.1, -0.05) is 56.0 Å². The van der Waals surface area contributed by atoms with Gasteiger partial charge in [-0.15, -0.1) is 10.2 Å². The summed E-state index contributed by atoms with van der Waals surface area (Å²) in [6.45, 7) is 0.219. The first-order chi connectivity index (χ1) is 17.1. The van der Waals surface area contributed by atoms with Crippen molar-refractivity contribution < 1.29 is 9.59 Å². The summed E-state index contributed by atoms with van der Waals surface area (Å²) >= 11 is 1.31. The van der Waals surface area contributed by atoms with Crippen LogP contribution < -0.4 is 16.2 Å². The molecule has 0 unspecified atom stereocenters. The third kappa shape index (κ3) is 5.37. The molecule has 9 nitrogen and oxygen atoms in total. The molecule has 2 fully saturated rings. The Morgan fingerprint density at radius 3 is 2.31 bits per heavy atom. The summed E-state index contributed by atoms with van der Waals surface area (Å²) in [5.41, 5.74) is 0.500. The fourth-order valence-corrected chi connectivity index (χ4v) is 6.01. The summed E-state index contributed by atoms with van der Waals surface area (Å²) in [4.78, 5) is 38.3. The number of hydrogen-bond acceptors (Lipinski definition) is 6. The molecule has 5 rings (SSSR count). The summed E-state index contributed by atoms with van der Waals surface area (Å²) in [5, 5.41) is 15.9. The molecule has 2 aliphatic carbocycles. The van der Waals surface area contributed by atoms with Gasteiger partial charge in [-0.2, -0.15) is 0 Å². The number of nitrogens with zero attached hydrogens (tertiary/aromatic N) is 4. The predicted molar refractivity (Wildman–Crippen MR) is 136 cm³/mol. The lowest BCUT2D eigenvalue weighted by Crippen LogP contribution is -2.37. The number of hydrogen-bond donors (Lipinski definition) is 2. The van der Waals surface area contributed by atoms with E-state index in [1.165, 1.54) is 22.7 Å². The number of para-hydroxylation sites is 1. The van der Waals surface area contributed by atoms with Gasteiger partial charge in [-0.3, -0.25) is 23.4 Å². The van der Waals surface area contributed by atoms with Crippen LogP contribution in [0.3, 0.4) is 0 Å². The van der Waals surface area contributed by atoms with Crippen LogP contribution in [0.2, 0.25) is 0 Å². The Labute approximate surface area is 208 Å². The Morgan fingerprint density at radius 2 is 1.57 bits per heavy atom. The Hall–Kier alpha value is -2.88. The van der Waals surface area contributed by atoms with E-state index in [9.17, 15) is 14.4 Å². The normalized spacial score (nSPS) is 17.3. The van der Waals surface area contributed by atoms with Crippen LogP contribution in [0.4, 0.5) is 0 Å². The maximum atomic E-state index is 13.3. The van der Waals surface area contributed by atoms with Crippen molar-refractivity contribution >= 4 is 40.3 Å². The van der Waals surface area contributed by atoms with E-state index in [0.29, 0.717) is 21.8 Å². The first-order valence-corrected chi connectivity index (χ1v) is 13.7. The average Bonchev–Trinajstić information content (AvgIpc) is 3.53. The highest BCUT2D eigenvalue weighted by Crippen LogP contribution is 2.23. The predicted octanol–water partition coefficient (Wildman–Crippen LogP) is 3.03. The van der Waals surface area contributed by atoms with E-state index >= 15 is 0 Å². The third-order valence-electron chi connectivity index (χ3n) is 7.06. The number of aromatic nitrogens is 4. The second kappa shape index (κ2) is 10.8. The lowest BCUT2D eigenvalue weighted by molar-refractivity contribution is -0.122. The number of thioether (sulfide) groups is 1. The summed E-state index contributed by atoms with van der Waals surface area (Å²) in [6.07, 6.45) is 10.2. The molecule has 0 saturated heterocycles. The number of amides is 2. The zero-order chi connectivity index (χ0) is 24.2. The molecule has 0 radical (unpaired) electrons. The molecule has 2 aromatic heterocycles. The topological polar surface area (TPSA) is 110 Å². The Kier molecular flexibility index (Phi) is 7.36. The molecular formula is C25H32N6O3S. The number of fused-ring (bicyclic) bond motifs is 3. The number of aryl methyl sites for hydroxylation is 1.